The molecule has 1 aromatic carbocycles. The first-order valence-electron chi connectivity index (χ1n) is 13.3. The SMILES string of the molecule is C=C(C)OC(=O)N[C@H](C(=O)O)[C@@H](C)c1ccc(OCC[C@@H](C)C2CCN(c3nc(C(C)C)no3)CC2)cc1F. The maximum Gasteiger partial charge on any atom is 0.412 e. The molecule has 3 rings (SSSR count). The van der Waals surface area contributed by atoms with Gasteiger partial charge in [-0.25, -0.2) is 14.0 Å². The van der Waals surface area contributed by atoms with Crippen LogP contribution in [0.4, 0.5) is 15.2 Å². The van der Waals surface area contributed by atoms with Gasteiger partial charge < -0.3 is 29.3 Å². The van der Waals surface area contributed by atoms with E-state index in [-0.39, 0.29) is 17.2 Å². The number of nitrogens with zero attached hydrogens (tertiary/aromatic N) is 3. The minimum atomic E-state index is -1.39. The molecule has 1 aliphatic rings. The van der Waals surface area contributed by atoms with Crippen LogP contribution in [0, 0.1) is 17.7 Å². The third kappa shape index (κ3) is 8.18. The van der Waals surface area contributed by atoms with Crippen LogP contribution in [-0.4, -0.2) is 53.0 Å². The average molecular weight is 547 g/mol. The van der Waals surface area contributed by atoms with Crippen molar-refractivity contribution in [1.82, 2.24) is 15.5 Å². The van der Waals surface area contributed by atoms with E-state index in [1.807, 2.05) is 13.8 Å². The zero-order valence-corrected chi connectivity index (χ0v) is 23.3. The number of carboxylic acids is 1. The number of benzene rings is 1. The monoisotopic (exact) mass is 546 g/mol. The number of hydrogen-bond acceptors (Lipinski definition) is 8. The Hall–Kier alpha value is -3.63. The molecule has 1 amide bonds. The molecule has 1 aliphatic heterocycles. The number of nitrogens with one attached hydrogen (secondary N) is 1. The molecule has 2 heterocycles. The van der Waals surface area contributed by atoms with Gasteiger partial charge in [-0.3, -0.25) is 0 Å². The van der Waals surface area contributed by atoms with E-state index in [2.05, 4.69) is 33.9 Å². The summed E-state index contributed by atoms with van der Waals surface area (Å²) in [5.74, 6) is -0.390. The molecule has 0 radical (unpaired) electrons. The molecule has 0 unspecified atom stereocenters. The normalized spacial score (nSPS) is 16.4. The highest BCUT2D eigenvalue weighted by Crippen LogP contribution is 2.30. The van der Waals surface area contributed by atoms with E-state index >= 15 is 0 Å². The van der Waals surface area contributed by atoms with Crippen molar-refractivity contribution in [3.63, 3.8) is 0 Å². The van der Waals surface area contributed by atoms with Crippen LogP contribution in [0.25, 0.3) is 0 Å². The summed E-state index contributed by atoms with van der Waals surface area (Å²) in [5, 5.41) is 15.8. The molecule has 0 spiro atoms. The molecule has 1 aromatic heterocycles. The van der Waals surface area contributed by atoms with Crippen molar-refractivity contribution in [2.75, 3.05) is 24.6 Å². The van der Waals surface area contributed by atoms with Gasteiger partial charge in [-0.1, -0.05) is 45.5 Å². The summed E-state index contributed by atoms with van der Waals surface area (Å²) in [6.07, 6.45) is 1.89. The van der Waals surface area contributed by atoms with Crippen molar-refractivity contribution in [3.8, 4) is 5.75 Å². The van der Waals surface area contributed by atoms with E-state index in [1.165, 1.54) is 26.0 Å². The number of alkyl carbamates (subject to hydrolysis) is 1. The zero-order chi connectivity index (χ0) is 28.7. The number of piperidine rings is 1. The number of carbonyl (C=O) groups is 2. The number of ether oxygens (including phenoxy) is 2. The van der Waals surface area contributed by atoms with E-state index in [0.717, 1.165) is 38.2 Å². The predicted molar refractivity (Wildman–Crippen MR) is 143 cm³/mol. The van der Waals surface area contributed by atoms with Crippen LogP contribution in [-0.2, 0) is 9.53 Å². The first-order chi connectivity index (χ1) is 18.5. The van der Waals surface area contributed by atoms with E-state index < -0.39 is 29.8 Å². The highest BCUT2D eigenvalue weighted by atomic mass is 19.1. The van der Waals surface area contributed by atoms with Gasteiger partial charge in [0.2, 0.25) is 0 Å². The molecule has 2 aromatic rings. The van der Waals surface area contributed by atoms with Gasteiger partial charge >= 0.3 is 18.1 Å². The first kappa shape index (κ1) is 29.9. The Labute approximate surface area is 228 Å². The Morgan fingerprint density at radius 1 is 1.26 bits per heavy atom. The third-order valence-corrected chi connectivity index (χ3v) is 7.17. The van der Waals surface area contributed by atoms with Crippen LogP contribution in [0.5, 0.6) is 5.75 Å². The summed E-state index contributed by atoms with van der Waals surface area (Å²) in [4.78, 5) is 30.2. The van der Waals surface area contributed by atoms with Crippen molar-refractivity contribution in [3.05, 3.63) is 47.7 Å². The number of rotatable bonds is 12. The number of halogens is 1. The Morgan fingerprint density at radius 3 is 2.51 bits per heavy atom. The van der Waals surface area contributed by atoms with Crippen molar-refractivity contribution in [2.24, 2.45) is 11.8 Å². The summed E-state index contributed by atoms with van der Waals surface area (Å²) in [7, 11) is 0. The van der Waals surface area contributed by atoms with Crippen LogP contribution in [0.3, 0.4) is 0 Å². The van der Waals surface area contributed by atoms with Crippen LogP contribution in [0.15, 0.2) is 35.1 Å². The van der Waals surface area contributed by atoms with Gasteiger partial charge in [-0.2, -0.15) is 4.98 Å². The second-order valence-corrected chi connectivity index (χ2v) is 10.6. The molecule has 3 atom stereocenters. The Morgan fingerprint density at radius 2 is 1.95 bits per heavy atom. The van der Waals surface area contributed by atoms with Crippen molar-refractivity contribution < 1.29 is 33.1 Å². The fraction of sp³-hybridized carbons (Fsp3) is 0.571. The molecule has 0 aliphatic carbocycles. The fourth-order valence-corrected chi connectivity index (χ4v) is 4.71. The second kappa shape index (κ2) is 13.4. The van der Waals surface area contributed by atoms with Gasteiger partial charge in [0.25, 0.3) is 0 Å². The average Bonchev–Trinajstić information content (AvgIpc) is 3.37. The molecule has 0 saturated carbocycles. The van der Waals surface area contributed by atoms with Gasteiger partial charge in [0.05, 0.1) is 12.4 Å². The maximum atomic E-state index is 14.9. The summed E-state index contributed by atoms with van der Waals surface area (Å²) in [6, 6.07) is 3.54. The lowest BCUT2D eigenvalue weighted by Gasteiger charge is -2.33. The standard InChI is InChI=1S/C28H39FN4O6/c1-16(2)25-31-27(39-32-25)33-12-9-20(10-13-33)18(5)11-14-37-21-7-8-22(23(29)15-21)19(6)24(26(34)35)30-28(36)38-17(3)4/h7-8,15-16,18-20,24H,3,9-14H2,1-2,4-6H3,(H,30,36)(H,34,35)/t18-,19+,24+/m1/s1. The number of aliphatic carboxylic acids is 1. The molecule has 2 N–H and O–H groups in total. The topological polar surface area (TPSA) is 127 Å². The van der Waals surface area contributed by atoms with Crippen LogP contribution < -0.4 is 15.0 Å². The van der Waals surface area contributed by atoms with Crippen molar-refractivity contribution >= 4 is 18.1 Å². The highest BCUT2D eigenvalue weighted by molar-refractivity contribution is 5.81. The molecular weight excluding hydrogens is 507 g/mol. The summed E-state index contributed by atoms with van der Waals surface area (Å²) in [5.41, 5.74) is 0.146. The minimum absolute atomic E-state index is 0.112. The van der Waals surface area contributed by atoms with E-state index in [1.54, 1.807) is 6.07 Å². The molecule has 11 heteroatoms. The lowest BCUT2D eigenvalue weighted by Crippen LogP contribution is -2.44. The molecule has 39 heavy (non-hydrogen) atoms. The van der Waals surface area contributed by atoms with Crippen molar-refractivity contribution in [2.45, 2.75) is 71.8 Å². The number of carbonyl (C=O) groups excluding carboxylic acids is 1. The summed E-state index contributed by atoms with van der Waals surface area (Å²) >= 11 is 0. The van der Waals surface area contributed by atoms with E-state index in [0.29, 0.717) is 30.2 Å². The lowest BCUT2D eigenvalue weighted by molar-refractivity contribution is -0.139. The zero-order valence-electron chi connectivity index (χ0n) is 23.3. The van der Waals surface area contributed by atoms with Gasteiger partial charge in [-0.05, 0) is 49.7 Å². The Balaban J connectivity index is 1.48. The number of hydrogen-bond donors (Lipinski definition) is 2. The maximum absolute atomic E-state index is 14.9. The number of amides is 1. The van der Waals surface area contributed by atoms with Crippen LogP contribution in [0.1, 0.15) is 77.1 Å². The number of allylic oxidation sites excluding steroid dienone is 1. The lowest BCUT2D eigenvalue weighted by atomic mass is 9.84. The summed E-state index contributed by atoms with van der Waals surface area (Å²) in [6.45, 7) is 14.8. The van der Waals surface area contributed by atoms with Gasteiger partial charge in [0, 0.05) is 31.0 Å². The molecule has 1 saturated heterocycles. The molecule has 1 fully saturated rings. The molecular formula is C28H39FN4O6. The number of anilines is 1. The molecule has 214 valence electrons. The van der Waals surface area contributed by atoms with Crippen LogP contribution >= 0.6 is 0 Å². The fourth-order valence-electron chi connectivity index (χ4n) is 4.71. The summed E-state index contributed by atoms with van der Waals surface area (Å²) < 4.78 is 30.9. The smallest absolute Gasteiger partial charge is 0.412 e. The van der Waals surface area contributed by atoms with Gasteiger partial charge in [0.1, 0.15) is 17.6 Å². The van der Waals surface area contributed by atoms with E-state index in [9.17, 15) is 19.1 Å². The second-order valence-electron chi connectivity index (χ2n) is 10.6. The highest BCUT2D eigenvalue weighted by Gasteiger charge is 2.30. The first-order valence-corrected chi connectivity index (χ1v) is 13.3. The number of aromatic nitrogens is 2. The predicted octanol–water partition coefficient (Wildman–Crippen LogP) is 5.47. The largest absolute Gasteiger partial charge is 0.493 e. The molecule has 10 nitrogen and oxygen atoms in total. The van der Waals surface area contributed by atoms with Crippen LogP contribution in [0.2, 0.25) is 0 Å². The minimum Gasteiger partial charge on any atom is -0.493 e. The quantitative estimate of drug-likeness (QED) is 0.333. The van der Waals surface area contributed by atoms with Crippen molar-refractivity contribution in [1.29, 1.82) is 0 Å². The third-order valence-electron chi connectivity index (χ3n) is 7.17. The Bertz CT molecular complexity index is 1140. The van der Waals surface area contributed by atoms with Gasteiger partial charge in [-0.15, -0.1) is 0 Å². The Kier molecular flexibility index (Phi) is 10.3. The van der Waals surface area contributed by atoms with Gasteiger partial charge in [0.15, 0.2) is 5.82 Å². The number of carboxylic acid groups (broad SMARTS) is 1. The molecule has 0 bridgehead atoms. The van der Waals surface area contributed by atoms with E-state index in [4.69, 9.17) is 14.0 Å².